The Morgan fingerprint density at radius 1 is 1.42 bits per heavy atom. The fourth-order valence-electron chi connectivity index (χ4n) is 2.20. The van der Waals surface area contributed by atoms with E-state index in [4.69, 9.17) is 0 Å². The van der Waals surface area contributed by atoms with Crippen molar-refractivity contribution in [1.82, 2.24) is 4.72 Å². The van der Waals surface area contributed by atoms with Crippen LogP contribution in [0.4, 0.5) is 0 Å². The Kier molecular flexibility index (Phi) is 4.55. The highest BCUT2D eigenvalue weighted by atomic mass is 32.2. The molecule has 1 fully saturated rings. The second-order valence-electron chi connectivity index (χ2n) is 4.99. The average molecular weight is 301 g/mol. The van der Waals surface area contributed by atoms with Gasteiger partial charge in [-0.25, -0.2) is 13.1 Å². The molecule has 4 nitrogen and oxygen atoms in total. The molecule has 1 atom stereocenters. The van der Waals surface area contributed by atoms with Crippen LogP contribution in [0.1, 0.15) is 25.3 Å². The first-order chi connectivity index (χ1) is 8.97. The third-order valence-corrected chi connectivity index (χ3v) is 6.41. The van der Waals surface area contributed by atoms with Crippen LogP contribution in [0.2, 0.25) is 0 Å². The van der Waals surface area contributed by atoms with E-state index in [2.05, 4.69) is 11.6 Å². The minimum absolute atomic E-state index is 0.0127. The molecule has 6 heteroatoms. The summed E-state index contributed by atoms with van der Waals surface area (Å²) in [7, 11) is -3.55. The predicted octanol–water partition coefficient (Wildman–Crippen LogP) is 1.74. The summed E-state index contributed by atoms with van der Waals surface area (Å²) in [6.07, 6.45) is 2.16. The van der Waals surface area contributed by atoms with Crippen molar-refractivity contribution in [3.63, 3.8) is 0 Å². The van der Waals surface area contributed by atoms with Crippen molar-refractivity contribution in [1.29, 1.82) is 0 Å². The molecule has 19 heavy (non-hydrogen) atoms. The van der Waals surface area contributed by atoms with E-state index in [1.165, 1.54) is 6.07 Å². The lowest BCUT2D eigenvalue weighted by atomic mass is 10.1. The van der Waals surface area contributed by atoms with Crippen molar-refractivity contribution in [3.8, 4) is 0 Å². The molecule has 0 spiro atoms. The Labute approximate surface area is 118 Å². The third kappa shape index (κ3) is 3.51. The Morgan fingerprint density at radius 2 is 2.16 bits per heavy atom. The van der Waals surface area contributed by atoms with E-state index in [9.17, 15) is 13.5 Å². The number of thioether (sulfide) groups is 1. The van der Waals surface area contributed by atoms with Crippen LogP contribution in [0.25, 0.3) is 0 Å². The van der Waals surface area contributed by atoms with Gasteiger partial charge in [-0.15, -0.1) is 0 Å². The molecule has 2 rings (SSSR count). The van der Waals surface area contributed by atoms with Gasteiger partial charge in [-0.2, -0.15) is 11.8 Å². The Morgan fingerprint density at radius 3 is 2.79 bits per heavy atom. The number of benzene rings is 1. The third-order valence-electron chi connectivity index (χ3n) is 3.37. The fraction of sp³-hybridized carbons (Fsp3) is 0.538. The molecule has 1 saturated heterocycles. The van der Waals surface area contributed by atoms with Gasteiger partial charge in [0.15, 0.2) is 0 Å². The molecule has 1 aliphatic heterocycles. The van der Waals surface area contributed by atoms with E-state index in [-0.39, 0.29) is 16.2 Å². The first kappa shape index (κ1) is 14.8. The predicted molar refractivity (Wildman–Crippen MR) is 77.7 cm³/mol. The molecule has 0 saturated carbocycles. The molecule has 1 aromatic rings. The highest BCUT2D eigenvalue weighted by molar-refractivity contribution is 8.01. The molecule has 0 amide bonds. The normalized spacial score (nSPS) is 23.7. The average Bonchev–Trinajstić information content (AvgIpc) is 2.84. The van der Waals surface area contributed by atoms with Crippen molar-refractivity contribution in [2.45, 2.75) is 36.0 Å². The van der Waals surface area contributed by atoms with Crippen molar-refractivity contribution < 1.29 is 13.5 Å². The molecular weight excluding hydrogens is 282 g/mol. The van der Waals surface area contributed by atoms with Crippen molar-refractivity contribution >= 4 is 21.8 Å². The number of rotatable bonds is 5. The van der Waals surface area contributed by atoms with Crippen LogP contribution in [-0.2, 0) is 16.6 Å². The number of aliphatic hydroxyl groups is 1. The summed E-state index contributed by atoms with van der Waals surface area (Å²) in [6, 6.07) is 6.54. The van der Waals surface area contributed by atoms with Gasteiger partial charge < -0.3 is 5.11 Å². The molecule has 0 aliphatic carbocycles. The lowest BCUT2D eigenvalue weighted by Gasteiger charge is -2.23. The standard InChI is InChI=1S/C13H19NO3S2/c1-13(7-4-8-18-13)10-14-19(16,17)12-6-3-2-5-11(12)9-15/h2-3,5-6,14-15H,4,7-10H2,1H3. The second-order valence-corrected chi connectivity index (χ2v) is 8.41. The summed E-state index contributed by atoms with van der Waals surface area (Å²) in [4.78, 5) is 0.170. The second kappa shape index (κ2) is 5.83. The molecule has 1 aliphatic rings. The fourth-order valence-corrected chi connectivity index (χ4v) is 4.93. The van der Waals surface area contributed by atoms with Gasteiger partial charge in [0.25, 0.3) is 0 Å². The summed E-state index contributed by atoms with van der Waals surface area (Å²) in [5.41, 5.74) is 0.430. The number of sulfonamides is 1. The van der Waals surface area contributed by atoms with Gasteiger partial charge >= 0.3 is 0 Å². The minimum atomic E-state index is -3.55. The monoisotopic (exact) mass is 301 g/mol. The van der Waals surface area contributed by atoms with Gasteiger partial charge in [0, 0.05) is 11.3 Å². The molecule has 1 aromatic carbocycles. The number of aliphatic hydroxyl groups excluding tert-OH is 1. The Bertz CT molecular complexity index is 537. The summed E-state index contributed by atoms with van der Waals surface area (Å²) in [5.74, 6) is 1.09. The van der Waals surface area contributed by atoms with E-state index in [1.807, 2.05) is 11.8 Å². The molecule has 0 bridgehead atoms. The first-order valence-corrected chi connectivity index (χ1v) is 8.76. The van der Waals surface area contributed by atoms with Gasteiger partial charge in [0.05, 0.1) is 11.5 Å². The van der Waals surface area contributed by atoms with Crippen molar-refractivity contribution in [2.24, 2.45) is 0 Å². The van der Waals surface area contributed by atoms with Gasteiger partial charge in [-0.1, -0.05) is 18.2 Å². The molecule has 1 unspecified atom stereocenters. The van der Waals surface area contributed by atoms with Crippen LogP contribution in [0.5, 0.6) is 0 Å². The van der Waals surface area contributed by atoms with Crippen LogP contribution in [0.3, 0.4) is 0 Å². The van der Waals surface area contributed by atoms with Crippen LogP contribution >= 0.6 is 11.8 Å². The molecule has 0 radical (unpaired) electrons. The molecule has 1 heterocycles. The van der Waals surface area contributed by atoms with E-state index < -0.39 is 10.0 Å². The Balaban J connectivity index is 2.14. The van der Waals surface area contributed by atoms with Crippen LogP contribution in [-0.4, -0.2) is 30.6 Å². The van der Waals surface area contributed by atoms with Gasteiger partial charge in [-0.3, -0.25) is 0 Å². The number of nitrogens with one attached hydrogen (secondary N) is 1. The van der Waals surface area contributed by atoms with E-state index >= 15 is 0 Å². The molecule has 0 aromatic heterocycles. The quantitative estimate of drug-likeness (QED) is 0.869. The van der Waals surface area contributed by atoms with E-state index in [1.54, 1.807) is 18.2 Å². The summed E-state index contributed by atoms with van der Waals surface area (Å²) in [5, 5.41) is 9.22. The van der Waals surface area contributed by atoms with Crippen LogP contribution in [0, 0.1) is 0 Å². The smallest absolute Gasteiger partial charge is 0.240 e. The highest BCUT2D eigenvalue weighted by Crippen LogP contribution is 2.37. The van der Waals surface area contributed by atoms with Gasteiger partial charge in [0.2, 0.25) is 10.0 Å². The van der Waals surface area contributed by atoms with Crippen LogP contribution < -0.4 is 4.72 Å². The highest BCUT2D eigenvalue weighted by Gasteiger charge is 2.31. The lowest BCUT2D eigenvalue weighted by Crippen LogP contribution is -2.37. The maximum atomic E-state index is 12.3. The molecule has 106 valence electrons. The lowest BCUT2D eigenvalue weighted by molar-refractivity contribution is 0.278. The zero-order valence-corrected chi connectivity index (χ0v) is 12.6. The zero-order chi connectivity index (χ0) is 13.9. The van der Waals surface area contributed by atoms with E-state index in [0.717, 1.165) is 18.6 Å². The van der Waals surface area contributed by atoms with Crippen molar-refractivity contribution in [2.75, 3.05) is 12.3 Å². The zero-order valence-electron chi connectivity index (χ0n) is 10.9. The summed E-state index contributed by atoms with van der Waals surface area (Å²) in [6.45, 7) is 2.24. The maximum absolute atomic E-state index is 12.3. The summed E-state index contributed by atoms with van der Waals surface area (Å²) >= 11 is 1.81. The van der Waals surface area contributed by atoms with E-state index in [0.29, 0.717) is 12.1 Å². The van der Waals surface area contributed by atoms with Gasteiger partial charge in [0.1, 0.15) is 0 Å². The summed E-state index contributed by atoms with van der Waals surface area (Å²) < 4.78 is 27.2. The number of hydrogen-bond donors (Lipinski definition) is 2. The molecular formula is C13H19NO3S2. The van der Waals surface area contributed by atoms with Gasteiger partial charge in [-0.05, 0) is 37.1 Å². The molecule has 2 N–H and O–H groups in total. The minimum Gasteiger partial charge on any atom is -0.392 e. The first-order valence-electron chi connectivity index (χ1n) is 6.29. The SMILES string of the molecule is CC1(CNS(=O)(=O)c2ccccc2CO)CCCS1. The maximum Gasteiger partial charge on any atom is 0.240 e. The Hall–Kier alpha value is -0.560. The van der Waals surface area contributed by atoms with Crippen molar-refractivity contribution in [3.05, 3.63) is 29.8 Å². The topological polar surface area (TPSA) is 66.4 Å². The van der Waals surface area contributed by atoms with Crippen LogP contribution in [0.15, 0.2) is 29.2 Å². The number of hydrogen-bond acceptors (Lipinski definition) is 4. The largest absolute Gasteiger partial charge is 0.392 e.